The first-order valence-corrected chi connectivity index (χ1v) is 9.46. The number of halogens is 5. The molecular weight excluding hydrogens is 452 g/mol. The lowest BCUT2D eigenvalue weighted by Crippen LogP contribution is -2.27. The van der Waals surface area contributed by atoms with Crippen molar-refractivity contribution in [2.24, 2.45) is 4.40 Å². The summed E-state index contributed by atoms with van der Waals surface area (Å²) in [5.74, 6) is -2.20. The molecule has 1 heterocycles. The summed E-state index contributed by atoms with van der Waals surface area (Å²) in [7, 11) is 0. The molecule has 10 heteroatoms. The second kappa shape index (κ2) is 8.15. The van der Waals surface area contributed by atoms with Crippen molar-refractivity contribution in [3.05, 3.63) is 58.1 Å². The number of alkyl halides is 3. The molecule has 0 fully saturated rings. The molecule has 0 aliphatic carbocycles. The van der Waals surface area contributed by atoms with E-state index in [4.69, 9.17) is 0 Å². The Morgan fingerprint density at radius 3 is 2.41 bits per heavy atom. The number of hydrogen-bond acceptors (Lipinski definition) is 4. The second-order valence-corrected chi connectivity index (χ2v) is 9.09. The summed E-state index contributed by atoms with van der Waals surface area (Å²) in [5, 5.41) is 0. The standard InChI is InChI=1S/C17H15BrF4N2O2S/c1-16(2,3)27(25)24-14(15-11(18)5-4-8-23-15)10-6-7-13(12(19)9-10)26-17(20,21)22/h4-9H,1-3H3/b24-14+. The topological polar surface area (TPSA) is 57.5 Å². The smallest absolute Gasteiger partial charge is 0.573 e. The van der Waals surface area contributed by atoms with E-state index in [1.54, 1.807) is 32.9 Å². The van der Waals surface area contributed by atoms with E-state index in [2.05, 4.69) is 30.0 Å². The Morgan fingerprint density at radius 2 is 1.89 bits per heavy atom. The van der Waals surface area contributed by atoms with Crippen molar-refractivity contribution in [2.75, 3.05) is 0 Å². The van der Waals surface area contributed by atoms with Crippen molar-refractivity contribution in [3.8, 4) is 5.75 Å². The second-order valence-electron chi connectivity index (χ2n) is 6.33. The van der Waals surface area contributed by atoms with Crippen LogP contribution in [0.1, 0.15) is 32.0 Å². The minimum atomic E-state index is -5.02. The maximum absolute atomic E-state index is 14.1. The fourth-order valence-electron chi connectivity index (χ4n) is 1.87. The number of nitrogens with zero attached hydrogens (tertiary/aromatic N) is 2. The van der Waals surface area contributed by atoms with Crippen LogP contribution in [0.3, 0.4) is 0 Å². The van der Waals surface area contributed by atoms with Crippen molar-refractivity contribution in [1.29, 1.82) is 0 Å². The van der Waals surface area contributed by atoms with E-state index in [0.29, 0.717) is 4.47 Å². The van der Waals surface area contributed by atoms with Gasteiger partial charge < -0.3 is 9.29 Å². The normalized spacial score (nSPS) is 14.2. The third-order valence-electron chi connectivity index (χ3n) is 3.11. The SMILES string of the molecule is CC(C)(C)[S+]([O-])/N=C(\c1ccc(OC(F)(F)F)c(F)c1)c1ncccc1Br. The molecule has 0 bridgehead atoms. The summed E-state index contributed by atoms with van der Waals surface area (Å²) in [6, 6.07) is 6.18. The third kappa shape index (κ3) is 5.91. The Balaban J connectivity index is 2.57. The van der Waals surface area contributed by atoms with Gasteiger partial charge in [-0.25, -0.2) is 4.39 Å². The predicted molar refractivity (Wildman–Crippen MR) is 98.6 cm³/mol. The molecular formula is C17H15BrF4N2O2S. The lowest BCUT2D eigenvalue weighted by atomic mass is 10.1. The number of rotatable bonds is 4. The van der Waals surface area contributed by atoms with Gasteiger partial charge in [0.1, 0.15) is 27.5 Å². The Morgan fingerprint density at radius 1 is 1.22 bits per heavy atom. The molecule has 1 aromatic heterocycles. The molecule has 146 valence electrons. The maximum atomic E-state index is 14.1. The van der Waals surface area contributed by atoms with Crippen LogP contribution >= 0.6 is 15.9 Å². The molecule has 0 aliphatic rings. The fraction of sp³-hybridized carbons (Fsp3) is 0.294. The largest absolute Gasteiger partial charge is 0.591 e. The Kier molecular flexibility index (Phi) is 6.54. The highest BCUT2D eigenvalue weighted by Crippen LogP contribution is 2.29. The number of hydrogen-bond donors (Lipinski definition) is 0. The summed E-state index contributed by atoms with van der Waals surface area (Å²) in [5.41, 5.74) is 0.464. The van der Waals surface area contributed by atoms with E-state index in [1.165, 1.54) is 12.3 Å². The molecule has 1 unspecified atom stereocenters. The van der Waals surface area contributed by atoms with Gasteiger partial charge in [0.05, 0.1) is 0 Å². The van der Waals surface area contributed by atoms with E-state index in [-0.39, 0.29) is 17.0 Å². The first-order valence-electron chi connectivity index (χ1n) is 7.56. The van der Waals surface area contributed by atoms with Gasteiger partial charge in [0, 0.05) is 16.2 Å². The van der Waals surface area contributed by atoms with Gasteiger partial charge >= 0.3 is 6.36 Å². The molecule has 2 aromatic rings. The molecule has 4 nitrogen and oxygen atoms in total. The van der Waals surface area contributed by atoms with E-state index in [1.807, 2.05) is 0 Å². The zero-order valence-electron chi connectivity index (χ0n) is 14.5. The minimum Gasteiger partial charge on any atom is -0.591 e. The van der Waals surface area contributed by atoms with Gasteiger partial charge in [-0.2, -0.15) is 0 Å². The van der Waals surface area contributed by atoms with E-state index < -0.39 is 34.0 Å². The number of pyridine rings is 1. The van der Waals surface area contributed by atoms with Crippen molar-refractivity contribution in [3.63, 3.8) is 0 Å². The summed E-state index contributed by atoms with van der Waals surface area (Å²) < 4.78 is 71.2. The molecule has 0 N–H and O–H groups in total. The van der Waals surface area contributed by atoms with E-state index in [0.717, 1.165) is 12.1 Å². The highest BCUT2D eigenvalue weighted by atomic mass is 79.9. The van der Waals surface area contributed by atoms with Gasteiger partial charge in [-0.3, -0.25) is 4.98 Å². The summed E-state index contributed by atoms with van der Waals surface area (Å²) in [6.45, 7) is 5.12. The van der Waals surface area contributed by atoms with Crippen molar-refractivity contribution >= 4 is 33.0 Å². The van der Waals surface area contributed by atoms with Crippen molar-refractivity contribution in [1.82, 2.24) is 4.98 Å². The molecule has 0 spiro atoms. The molecule has 0 saturated heterocycles. The van der Waals surface area contributed by atoms with Crippen LogP contribution in [0.5, 0.6) is 5.75 Å². The summed E-state index contributed by atoms with van der Waals surface area (Å²) in [6.07, 6.45) is -3.55. The fourth-order valence-corrected chi connectivity index (χ4v) is 2.94. The minimum absolute atomic E-state index is 0.0770. The van der Waals surface area contributed by atoms with Gasteiger partial charge in [0.15, 0.2) is 11.6 Å². The first kappa shape index (κ1) is 21.6. The summed E-state index contributed by atoms with van der Waals surface area (Å²) in [4.78, 5) is 4.16. The Hall–Kier alpha value is -1.65. The average Bonchev–Trinajstić information content (AvgIpc) is 2.53. The first-order chi connectivity index (χ1) is 12.4. The molecule has 0 saturated carbocycles. The molecule has 0 radical (unpaired) electrons. The van der Waals surface area contributed by atoms with Crippen LogP contribution in [-0.2, 0) is 11.4 Å². The number of aromatic nitrogens is 1. The van der Waals surface area contributed by atoms with Crippen LogP contribution < -0.4 is 4.74 Å². The highest BCUT2D eigenvalue weighted by molar-refractivity contribution is 9.10. The lowest BCUT2D eigenvalue weighted by Gasteiger charge is -2.19. The van der Waals surface area contributed by atoms with Crippen LogP contribution in [0.25, 0.3) is 0 Å². The van der Waals surface area contributed by atoms with Crippen LogP contribution in [0.4, 0.5) is 17.6 Å². The third-order valence-corrected chi connectivity index (χ3v) is 5.15. The predicted octanol–water partition coefficient (Wildman–Crippen LogP) is 5.18. The number of ether oxygens (including phenoxy) is 1. The zero-order valence-corrected chi connectivity index (χ0v) is 16.9. The monoisotopic (exact) mass is 466 g/mol. The van der Waals surface area contributed by atoms with Gasteiger partial charge in [0.25, 0.3) is 0 Å². The van der Waals surface area contributed by atoms with Crippen LogP contribution in [0, 0.1) is 5.82 Å². The van der Waals surface area contributed by atoms with Crippen LogP contribution in [0.15, 0.2) is 45.4 Å². The molecule has 2 rings (SSSR count). The van der Waals surface area contributed by atoms with Crippen LogP contribution in [-0.4, -0.2) is 26.4 Å². The van der Waals surface area contributed by atoms with E-state index >= 15 is 0 Å². The maximum Gasteiger partial charge on any atom is 0.573 e. The van der Waals surface area contributed by atoms with Gasteiger partial charge in [-0.1, -0.05) is 4.40 Å². The number of benzene rings is 1. The zero-order chi connectivity index (χ0) is 20.4. The highest BCUT2D eigenvalue weighted by Gasteiger charge is 2.33. The Labute approximate surface area is 165 Å². The van der Waals surface area contributed by atoms with Gasteiger partial charge in [-0.15, -0.1) is 13.2 Å². The lowest BCUT2D eigenvalue weighted by molar-refractivity contribution is -0.275. The molecule has 0 amide bonds. The van der Waals surface area contributed by atoms with Gasteiger partial charge in [-0.05, 0) is 67.0 Å². The quantitative estimate of drug-likeness (QED) is 0.354. The molecule has 0 aliphatic heterocycles. The molecule has 27 heavy (non-hydrogen) atoms. The molecule has 1 aromatic carbocycles. The Bertz CT molecular complexity index is 854. The molecule has 1 atom stereocenters. The average molecular weight is 467 g/mol. The van der Waals surface area contributed by atoms with Crippen molar-refractivity contribution in [2.45, 2.75) is 31.9 Å². The van der Waals surface area contributed by atoms with Crippen molar-refractivity contribution < 1.29 is 26.9 Å². The van der Waals surface area contributed by atoms with E-state index in [9.17, 15) is 22.1 Å². The van der Waals surface area contributed by atoms with Crippen LogP contribution in [0.2, 0.25) is 0 Å². The summed E-state index contributed by atoms with van der Waals surface area (Å²) >= 11 is 1.59. The van der Waals surface area contributed by atoms with Gasteiger partial charge in [0.2, 0.25) is 0 Å².